The summed E-state index contributed by atoms with van der Waals surface area (Å²) < 4.78 is 5.51. The van der Waals surface area contributed by atoms with Gasteiger partial charge in [-0.05, 0) is 56.2 Å². The molecule has 1 aliphatic rings. The molecule has 1 aliphatic heterocycles. The van der Waals surface area contributed by atoms with Crippen LogP contribution in [0.3, 0.4) is 0 Å². The summed E-state index contributed by atoms with van der Waals surface area (Å²) >= 11 is 0. The molecule has 26 heavy (non-hydrogen) atoms. The molecule has 0 saturated carbocycles. The molecule has 2 rings (SSSR count). The van der Waals surface area contributed by atoms with Gasteiger partial charge in [0.1, 0.15) is 5.75 Å². The number of para-hydroxylation sites is 1. The van der Waals surface area contributed by atoms with Crippen molar-refractivity contribution >= 4 is 18.3 Å². The average molecular weight is 383 g/mol. The second-order valence-electron chi connectivity index (χ2n) is 7.78. The Morgan fingerprint density at radius 2 is 2.04 bits per heavy atom. The lowest BCUT2D eigenvalue weighted by Crippen LogP contribution is -2.36. The molecule has 5 heteroatoms. The highest BCUT2D eigenvalue weighted by atomic mass is 35.5. The summed E-state index contributed by atoms with van der Waals surface area (Å²) in [6.45, 7) is 8.73. The lowest BCUT2D eigenvalue weighted by Gasteiger charge is -2.29. The lowest BCUT2D eigenvalue weighted by atomic mass is 9.85. The van der Waals surface area contributed by atoms with Gasteiger partial charge in [0.2, 0.25) is 5.91 Å². The number of methoxy groups -OCH3 is 1. The third-order valence-corrected chi connectivity index (χ3v) is 5.20. The van der Waals surface area contributed by atoms with Crippen LogP contribution in [0.25, 0.3) is 0 Å². The largest absolute Gasteiger partial charge is 0.496 e. The van der Waals surface area contributed by atoms with Gasteiger partial charge in [0.15, 0.2) is 0 Å². The topological polar surface area (TPSA) is 50.4 Å². The van der Waals surface area contributed by atoms with Gasteiger partial charge in [0.25, 0.3) is 0 Å². The first-order chi connectivity index (χ1) is 12.0. The van der Waals surface area contributed by atoms with Crippen LogP contribution in [0.15, 0.2) is 24.3 Å². The molecule has 1 aromatic rings. The highest BCUT2D eigenvalue weighted by Crippen LogP contribution is 2.30. The number of hydrogen-bond acceptors (Lipinski definition) is 3. The van der Waals surface area contributed by atoms with Gasteiger partial charge < -0.3 is 15.4 Å². The molecular weight excluding hydrogens is 348 g/mol. The molecule has 0 radical (unpaired) electrons. The number of rotatable bonds is 8. The Morgan fingerprint density at radius 3 is 2.65 bits per heavy atom. The van der Waals surface area contributed by atoms with E-state index in [1.807, 2.05) is 18.2 Å². The van der Waals surface area contributed by atoms with Crippen molar-refractivity contribution in [3.05, 3.63) is 29.8 Å². The normalized spacial score (nSPS) is 19.3. The Hall–Kier alpha value is -1.26. The fraction of sp³-hybridized carbons (Fsp3) is 0.667. The molecule has 1 fully saturated rings. The van der Waals surface area contributed by atoms with E-state index in [9.17, 15) is 4.79 Å². The Kier molecular flexibility index (Phi) is 10.0. The predicted octanol–water partition coefficient (Wildman–Crippen LogP) is 4.35. The molecule has 2 N–H and O–H groups in total. The van der Waals surface area contributed by atoms with Crippen LogP contribution in [0.4, 0.5) is 0 Å². The summed E-state index contributed by atoms with van der Waals surface area (Å²) in [7, 11) is 1.69. The molecule has 1 aromatic carbocycles. The van der Waals surface area contributed by atoms with E-state index in [1.165, 1.54) is 12.8 Å². The molecular formula is C21H35ClN2O2. The molecule has 0 aromatic heterocycles. The zero-order valence-electron chi connectivity index (χ0n) is 16.6. The van der Waals surface area contributed by atoms with Gasteiger partial charge in [0.05, 0.1) is 13.2 Å². The maximum Gasteiger partial charge on any atom is 0.220 e. The van der Waals surface area contributed by atoms with Crippen molar-refractivity contribution in [3.8, 4) is 5.75 Å². The fourth-order valence-corrected chi connectivity index (χ4v) is 3.77. The third kappa shape index (κ3) is 6.81. The van der Waals surface area contributed by atoms with Crippen LogP contribution < -0.4 is 15.4 Å². The van der Waals surface area contributed by atoms with E-state index in [0.29, 0.717) is 24.2 Å². The Bertz CT molecular complexity index is 545. The number of hydrogen-bond donors (Lipinski definition) is 2. The molecule has 0 aliphatic carbocycles. The summed E-state index contributed by atoms with van der Waals surface area (Å²) in [5.41, 5.74) is 1.07. The van der Waals surface area contributed by atoms with Gasteiger partial charge in [-0.1, -0.05) is 39.0 Å². The number of ether oxygens (including phenoxy) is 1. The molecule has 1 saturated heterocycles. The van der Waals surface area contributed by atoms with E-state index >= 15 is 0 Å². The summed E-state index contributed by atoms with van der Waals surface area (Å²) in [5.74, 6) is 2.50. The quantitative estimate of drug-likeness (QED) is 0.702. The van der Waals surface area contributed by atoms with Gasteiger partial charge in [-0.25, -0.2) is 0 Å². The van der Waals surface area contributed by atoms with E-state index in [0.717, 1.165) is 30.8 Å². The minimum absolute atomic E-state index is 0. The molecule has 3 unspecified atom stereocenters. The summed E-state index contributed by atoms with van der Waals surface area (Å²) in [6.07, 6.45) is 3.94. The highest BCUT2D eigenvalue weighted by Gasteiger charge is 2.24. The molecule has 3 atom stereocenters. The number of amides is 1. The number of benzene rings is 1. The minimum Gasteiger partial charge on any atom is -0.496 e. The van der Waals surface area contributed by atoms with Crippen molar-refractivity contribution in [2.45, 2.75) is 52.5 Å². The number of nitrogens with one attached hydrogen (secondary N) is 2. The van der Waals surface area contributed by atoms with Crippen LogP contribution in [0.5, 0.6) is 5.75 Å². The van der Waals surface area contributed by atoms with E-state index in [-0.39, 0.29) is 24.4 Å². The summed E-state index contributed by atoms with van der Waals surface area (Å²) in [4.78, 5) is 12.7. The zero-order chi connectivity index (χ0) is 18.2. The summed E-state index contributed by atoms with van der Waals surface area (Å²) in [6, 6.07) is 7.99. The zero-order valence-corrected chi connectivity index (χ0v) is 17.4. The first kappa shape index (κ1) is 22.8. The number of carbonyl (C=O) groups excluding carboxylic acids is 1. The Labute approximate surface area is 164 Å². The minimum atomic E-state index is 0. The highest BCUT2D eigenvalue weighted by molar-refractivity contribution is 5.85. The predicted molar refractivity (Wildman–Crippen MR) is 110 cm³/mol. The van der Waals surface area contributed by atoms with Crippen LogP contribution in [-0.2, 0) is 4.79 Å². The molecule has 4 nitrogen and oxygen atoms in total. The van der Waals surface area contributed by atoms with Gasteiger partial charge in [-0.15, -0.1) is 12.4 Å². The molecule has 0 bridgehead atoms. The Morgan fingerprint density at radius 1 is 1.31 bits per heavy atom. The fourth-order valence-electron chi connectivity index (χ4n) is 3.77. The monoisotopic (exact) mass is 382 g/mol. The second-order valence-corrected chi connectivity index (χ2v) is 7.78. The van der Waals surface area contributed by atoms with E-state index in [1.54, 1.807) is 7.11 Å². The van der Waals surface area contributed by atoms with Crippen molar-refractivity contribution in [2.24, 2.45) is 17.8 Å². The number of piperidine rings is 1. The van der Waals surface area contributed by atoms with Gasteiger partial charge in [-0.2, -0.15) is 0 Å². The van der Waals surface area contributed by atoms with Crippen molar-refractivity contribution in [2.75, 3.05) is 20.2 Å². The van der Waals surface area contributed by atoms with E-state index < -0.39 is 0 Å². The van der Waals surface area contributed by atoms with Gasteiger partial charge >= 0.3 is 0 Å². The van der Waals surface area contributed by atoms with Crippen molar-refractivity contribution in [1.82, 2.24) is 10.6 Å². The third-order valence-electron chi connectivity index (χ3n) is 5.20. The van der Waals surface area contributed by atoms with Crippen LogP contribution in [0.2, 0.25) is 0 Å². The van der Waals surface area contributed by atoms with Crippen LogP contribution in [0, 0.1) is 17.8 Å². The van der Waals surface area contributed by atoms with Crippen molar-refractivity contribution < 1.29 is 9.53 Å². The van der Waals surface area contributed by atoms with E-state index in [4.69, 9.17) is 4.74 Å². The standard InChI is InChI=1S/C21H34N2O2.ClH/c1-15(2)12-19(18-9-5-6-10-20(18)25-4)23-21(24)13-16(3)17-8-7-11-22-14-17;/h5-6,9-10,15-17,19,22H,7-8,11-14H2,1-4H3,(H,23,24);1H. The van der Waals surface area contributed by atoms with Crippen LogP contribution >= 0.6 is 12.4 Å². The van der Waals surface area contributed by atoms with Gasteiger partial charge in [0, 0.05) is 12.0 Å². The molecule has 0 spiro atoms. The average Bonchev–Trinajstić information content (AvgIpc) is 2.61. The number of halogens is 1. The first-order valence-electron chi connectivity index (χ1n) is 9.64. The number of carbonyl (C=O) groups is 1. The van der Waals surface area contributed by atoms with Gasteiger partial charge in [-0.3, -0.25) is 4.79 Å². The maximum absolute atomic E-state index is 12.7. The van der Waals surface area contributed by atoms with E-state index in [2.05, 4.69) is 37.5 Å². The molecule has 1 amide bonds. The smallest absolute Gasteiger partial charge is 0.220 e. The molecule has 148 valence electrons. The SMILES string of the molecule is COc1ccccc1C(CC(C)C)NC(=O)CC(C)C1CCCNC1.Cl. The summed E-state index contributed by atoms with van der Waals surface area (Å²) in [5, 5.41) is 6.72. The first-order valence-corrected chi connectivity index (χ1v) is 9.64. The van der Waals surface area contributed by atoms with Crippen molar-refractivity contribution in [3.63, 3.8) is 0 Å². The lowest BCUT2D eigenvalue weighted by molar-refractivity contribution is -0.123. The Balaban J connectivity index is 0.00000338. The van der Waals surface area contributed by atoms with Crippen LogP contribution in [0.1, 0.15) is 58.1 Å². The molecule has 1 heterocycles. The maximum atomic E-state index is 12.7. The van der Waals surface area contributed by atoms with Crippen LogP contribution in [-0.4, -0.2) is 26.1 Å². The van der Waals surface area contributed by atoms with Crippen molar-refractivity contribution in [1.29, 1.82) is 0 Å². The second kappa shape index (κ2) is 11.5.